The van der Waals surface area contributed by atoms with Gasteiger partial charge in [0.2, 0.25) is 5.91 Å². The summed E-state index contributed by atoms with van der Waals surface area (Å²) in [7, 11) is 2.08. The number of likely N-dealkylation sites (N-methyl/N-ethyl adjacent to an activating group) is 1. The van der Waals surface area contributed by atoms with Crippen LogP contribution in [-0.4, -0.2) is 65.6 Å². The summed E-state index contributed by atoms with van der Waals surface area (Å²) in [6.45, 7) is 5.36. The Hall–Kier alpha value is -2.42. The molecule has 30 heavy (non-hydrogen) atoms. The number of rotatable bonds is 5. The SMILES string of the molecule is Cc1ccccc1C(=O)Nc1ccc2nc(SCC(=O)N3CCN(C)CC3)sc2c1. The van der Waals surface area contributed by atoms with Crippen molar-refractivity contribution in [2.75, 3.05) is 44.3 Å². The van der Waals surface area contributed by atoms with E-state index in [0.29, 0.717) is 11.3 Å². The van der Waals surface area contributed by atoms with E-state index >= 15 is 0 Å². The van der Waals surface area contributed by atoms with Gasteiger partial charge in [0, 0.05) is 37.4 Å². The number of carbonyl (C=O) groups is 2. The van der Waals surface area contributed by atoms with E-state index in [0.717, 1.165) is 52.0 Å². The maximum atomic E-state index is 12.6. The normalized spacial score (nSPS) is 14.8. The molecule has 0 atom stereocenters. The number of aromatic nitrogens is 1. The highest BCUT2D eigenvalue weighted by Gasteiger charge is 2.19. The number of hydrogen-bond donors (Lipinski definition) is 1. The van der Waals surface area contributed by atoms with Gasteiger partial charge in [-0.15, -0.1) is 11.3 Å². The number of carbonyl (C=O) groups excluding carboxylic acids is 2. The van der Waals surface area contributed by atoms with Crippen molar-refractivity contribution in [2.24, 2.45) is 0 Å². The summed E-state index contributed by atoms with van der Waals surface area (Å²) in [5, 5.41) is 2.97. The van der Waals surface area contributed by atoms with Crippen LogP contribution in [0, 0.1) is 6.92 Å². The standard InChI is InChI=1S/C22H24N4O2S2/c1-15-5-3-4-6-17(15)21(28)23-16-7-8-18-19(13-16)30-22(24-18)29-14-20(27)26-11-9-25(2)10-12-26/h3-8,13H,9-12,14H2,1-2H3,(H,23,28). The van der Waals surface area contributed by atoms with Gasteiger partial charge < -0.3 is 15.1 Å². The molecule has 0 aliphatic carbocycles. The number of thioether (sulfide) groups is 1. The molecule has 4 rings (SSSR count). The summed E-state index contributed by atoms with van der Waals surface area (Å²) < 4.78 is 1.86. The predicted molar refractivity (Wildman–Crippen MR) is 124 cm³/mol. The van der Waals surface area contributed by atoms with Crippen molar-refractivity contribution in [2.45, 2.75) is 11.3 Å². The second-order valence-electron chi connectivity index (χ2n) is 7.40. The van der Waals surface area contributed by atoms with Gasteiger partial charge in [0.15, 0.2) is 4.34 Å². The highest BCUT2D eigenvalue weighted by molar-refractivity contribution is 8.01. The number of benzene rings is 2. The van der Waals surface area contributed by atoms with E-state index < -0.39 is 0 Å². The Bertz CT molecular complexity index is 1070. The number of aryl methyl sites for hydroxylation is 1. The van der Waals surface area contributed by atoms with E-state index in [2.05, 4.69) is 22.2 Å². The second-order valence-corrected chi connectivity index (χ2v) is 9.66. The first-order valence-electron chi connectivity index (χ1n) is 9.86. The van der Waals surface area contributed by atoms with Crippen LogP contribution in [0.4, 0.5) is 5.69 Å². The van der Waals surface area contributed by atoms with E-state index in [9.17, 15) is 9.59 Å². The number of nitrogens with zero attached hydrogens (tertiary/aromatic N) is 3. The van der Waals surface area contributed by atoms with Crippen LogP contribution in [0.25, 0.3) is 10.2 Å². The van der Waals surface area contributed by atoms with Gasteiger partial charge in [0.1, 0.15) is 0 Å². The smallest absolute Gasteiger partial charge is 0.255 e. The molecule has 1 aliphatic heterocycles. The zero-order valence-corrected chi connectivity index (χ0v) is 18.7. The second kappa shape index (κ2) is 9.16. The monoisotopic (exact) mass is 440 g/mol. The average Bonchev–Trinajstić information content (AvgIpc) is 3.15. The maximum absolute atomic E-state index is 12.6. The molecule has 8 heteroatoms. The Kier molecular flexibility index (Phi) is 6.36. The zero-order valence-electron chi connectivity index (χ0n) is 17.1. The summed E-state index contributed by atoms with van der Waals surface area (Å²) >= 11 is 3.03. The van der Waals surface area contributed by atoms with E-state index in [1.54, 1.807) is 11.3 Å². The number of anilines is 1. The first kappa shape index (κ1) is 20.8. The number of piperazine rings is 1. The van der Waals surface area contributed by atoms with Crippen molar-refractivity contribution < 1.29 is 9.59 Å². The number of amides is 2. The van der Waals surface area contributed by atoms with Crippen LogP contribution in [0.5, 0.6) is 0 Å². The molecule has 0 bridgehead atoms. The molecule has 2 aromatic carbocycles. The molecule has 1 aliphatic rings. The fourth-order valence-electron chi connectivity index (χ4n) is 3.34. The summed E-state index contributed by atoms with van der Waals surface area (Å²) in [5.41, 5.74) is 3.23. The Morgan fingerprint density at radius 3 is 2.67 bits per heavy atom. The van der Waals surface area contributed by atoms with Crippen LogP contribution in [-0.2, 0) is 4.79 Å². The lowest BCUT2D eigenvalue weighted by Crippen LogP contribution is -2.47. The van der Waals surface area contributed by atoms with Gasteiger partial charge in [-0.25, -0.2) is 4.98 Å². The quantitative estimate of drug-likeness (QED) is 0.613. The number of fused-ring (bicyclic) bond motifs is 1. The third-order valence-electron chi connectivity index (χ3n) is 5.19. The van der Waals surface area contributed by atoms with Gasteiger partial charge >= 0.3 is 0 Å². The Morgan fingerprint density at radius 1 is 1.13 bits per heavy atom. The Labute approximate surface area is 184 Å². The lowest BCUT2D eigenvalue weighted by atomic mass is 10.1. The van der Waals surface area contributed by atoms with Gasteiger partial charge in [-0.1, -0.05) is 30.0 Å². The fraction of sp³-hybridized carbons (Fsp3) is 0.318. The number of thiazole rings is 1. The molecule has 1 N–H and O–H groups in total. The van der Waals surface area contributed by atoms with Crippen LogP contribution in [0.2, 0.25) is 0 Å². The van der Waals surface area contributed by atoms with Crippen molar-refractivity contribution >= 4 is 50.8 Å². The highest BCUT2D eigenvalue weighted by atomic mass is 32.2. The van der Waals surface area contributed by atoms with Crippen molar-refractivity contribution in [3.8, 4) is 0 Å². The first-order chi connectivity index (χ1) is 14.5. The van der Waals surface area contributed by atoms with Crippen LogP contribution in [0.15, 0.2) is 46.8 Å². The molecular formula is C22H24N4O2S2. The molecule has 0 saturated carbocycles. The van der Waals surface area contributed by atoms with Crippen molar-refractivity contribution in [1.82, 2.24) is 14.8 Å². The zero-order chi connectivity index (χ0) is 21.1. The predicted octanol–water partition coefficient (Wildman–Crippen LogP) is 3.72. The van der Waals surface area contributed by atoms with Crippen LogP contribution < -0.4 is 5.32 Å². The van der Waals surface area contributed by atoms with E-state index in [-0.39, 0.29) is 11.8 Å². The van der Waals surface area contributed by atoms with Crippen molar-refractivity contribution in [1.29, 1.82) is 0 Å². The highest BCUT2D eigenvalue weighted by Crippen LogP contribution is 2.31. The minimum absolute atomic E-state index is 0.121. The average molecular weight is 441 g/mol. The molecule has 1 fully saturated rings. The minimum Gasteiger partial charge on any atom is -0.339 e. The molecule has 3 aromatic rings. The molecule has 0 spiro atoms. The molecule has 6 nitrogen and oxygen atoms in total. The van der Waals surface area contributed by atoms with Gasteiger partial charge in [0.25, 0.3) is 5.91 Å². The lowest BCUT2D eigenvalue weighted by Gasteiger charge is -2.32. The van der Waals surface area contributed by atoms with Crippen LogP contribution in [0.3, 0.4) is 0 Å². The molecule has 156 valence electrons. The van der Waals surface area contributed by atoms with E-state index in [4.69, 9.17) is 0 Å². The van der Waals surface area contributed by atoms with Crippen LogP contribution in [0.1, 0.15) is 15.9 Å². The van der Waals surface area contributed by atoms with Gasteiger partial charge in [-0.2, -0.15) is 0 Å². The van der Waals surface area contributed by atoms with Crippen molar-refractivity contribution in [3.63, 3.8) is 0 Å². The maximum Gasteiger partial charge on any atom is 0.255 e. The summed E-state index contributed by atoms with van der Waals surface area (Å²) in [6.07, 6.45) is 0. The molecule has 0 unspecified atom stereocenters. The van der Waals surface area contributed by atoms with E-state index in [1.165, 1.54) is 11.8 Å². The topological polar surface area (TPSA) is 65.5 Å². The largest absolute Gasteiger partial charge is 0.339 e. The molecule has 2 amide bonds. The van der Waals surface area contributed by atoms with Gasteiger partial charge in [0.05, 0.1) is 16.0 Å². The molecular weight excluding hydrogens is 416 g/mol. The Morgan fingerprint density at radius 2 is 1.90 bits per heavy atom. The third kappa shape index (κ3) is 4.83. The Balaban J connectivity index is 1.39. The van der Waals surface area contributed by atoms with Gasteiger partial charge in [-0.05, 0) is 43.8 Å². The summed E-state index contributed by atoms with van der Waals surface area (Å²) in [6, 6.07) is 13.2. The number of nitrogens with one attached hydrogen (secondary N) is 1. The minimum atomic E-state index is -0.121. The molecule has 0 radical (unpaired) electrons. The lowest BCUT2D eigenvalue weighted by molar-refractivity contribution is -0.129. The molecule has 2 heterocycles. The van der Waals surface area contributed by atoms with Crippen molar-refractivity contribution in [3.05, 3.63) is 53.6 Å². The third-order valence-corrected chi connectivity index (χ3v) is 7.34. The molecule has 1 aromatic heterocycles. The molecule has 1 saturated heterocycles. The van der Waals surface area contributed by atoms with Crippen LogP contribution >= 0.6 is 23.1 Å². The first-order valence-corrected chi connectivity index (χ1v) is 11.7. The summed E-state index contributed by atoms with van der Waals surface area (Å²) in [4.78, 5) is 33.8. The number of hydrogen-bond acceptors (Lipinski definition) is 6. The summed E-state index contributed by atoms with van der Waals surface area (Å²) in [5.74, 6) is 0.448. The fourth-order valence-corrected chi connectivity index (χ4v) is 5.35. The van der Waals surface area contributed by atoms with E-state index in [1.807, 2.05) is 54.3 Å². The van der Waals surface area contributed by atoms with Gasteiger partial charge in [-0.3, -0.25) is 9.59 Å².